The fraction of sp³-hybridized carbons (Fsp3) is 0.250. The summed E-state index contributed by atoms with van der Waals surface area (Å²) in [6, 6.07) is 26.8. The maximum Gasteiger partial charge on any atom is 0.142 e. The first-order chi connectivity index (χ1) is 19.6. The average molecular weight is 748 g/mol. The Morgan fingerprint density at radius 3 is 2.26 bits per heavy atom. The number of aromatic nitrogens is 3. The molecule has 4 nitrogen and oxygen atoms in total. The Morgan fingerprint density at radius 1 is 0.810 bits per heavy atom. The van der Waals surface area contributed by atoms with Crippen LogP contribution in [0.4, 0.5) is 0 Å². The molecule has 1 radical (unpaired) electrons. The number of hydrogen-bond acceptors (Lipinski definition) is 4. The van der Waals surface area contributed by atoms with Gasteiger partial charge in [0.05, 0.1) is 19.4 Å². The molecule has 0 N–H and O–H groups in total. The van der Waals surface area contributed by atoms with E-state index >= 15 is 0 Å². The monoisotopic (exact) mass is 748 g/mol. The molecule has 0 unspecified atom stereocenters. The van der Waals surface area contributed by atoms with Crippen molar-refractivity contribution >= 4 is 35.2 Å². The molecule has 0 saturated heterocycles. The van der Waals surface area contributed by atoms with Gasteiger partial charge >= 0.3 is 0 Å². The van der Waals surface area contributed by atoms with E-state index < -0.39 is 8.07 Å². The Labute approximate surface area is 264 Å². The van der Waals surface area contributed by atoms with Crippen LogP contribution in [-0.2, 0) is 26.5 Å². The van der Waals surface area contributed by atoms with Crippen LogP contribution in [0.25, 0.3) is 44.5 Å². The number of pyridine rings is 3. The van der Waals surface area contributed by atoms with Gasteiger partial charge in [0.2, 0.25) is 0 Å². The first-order valence-electron chi connectivity index (χ1n) is 14.2. The molecule has 0 aliphatic rings. The zero-order valence-electron chi connectivity index (χ0n) is 25.4. The van der Waals surface area contributed by atoms with Crippen LogP contribution in [0.3, 0.4) is 0 Å². The predicted octanol–water partition coefficient (Wildman–Crippen LogP) is 8.75. The molecule has 4 heterocycles. The number of rotatable bonds is 5. The molecule has 2 aromatic carbocycles. The van der Waals surface area contributed by atoms with Crippen molar-refractivity contribution < 1.29 is 24.5 Å². The molecule has 0 bridgehead atoms. The van der Waals surface area contributed by atoms with E-state index in [-0.39, 0.29) is 20.1 Å². The summed E-state index contributed by atoms with van der Waals surface area (Å²) >= 11 is 0. The maximum absolute atomic E-state index is 6.07. The van der Waals surface area contributed by atoms with Crippen molar-refractivity contribution in [2.75, 3.05) is 0 Å². The Morgan fingerprint density at radius 2 is 1.57 bits per heavy atom. The smallest absolute Gasteiger partial charge is 0.142 e. The molecule has 42 heavy (non-hydrogen) atoms. The first kappa shape index (κ1) is 31.5. The second-order valence-electron chi connectivity index (χ2n) is 12.0. The number of aryl methyl sites for hydroxylation is 2. The van der Waals surface area contributed by atoms with Crippen LogP contribution in [0.15, 0.2) is 83.7 Å². The summed E-state index contributed by atoms with van der Waals surface area (Å²) in [5, 5.41) is 3.65. The van der Waals surface area contributed by atoms with E-state index in [0.29, 0.717) is 5.92 Å². The molecule has 4 aromatic heterocycles. The van der Waals surface area contributed by atoms with E-state index in [9.17, 15) is 0 Å². The molecule has 0 spiro atoms. The molecular formula is C36H37IrN3OSi-2. The Bertz CT molecular complexity index is 1810. The standard InChI is InChI=1S/C18H13N2O.C18H24NSi.Ir/c1-11-6-8-20-16(10-11)15-5-3-4-13-14-7-9-19-12(2)17(14)21-18(13)15;1-14(2)11-16-12-17(15-9-7-6-8-10-15)19-13-18(16)20(3,4)5;/h3-4,6-10H,1-2H3;6-9,12-14H,11H2,1-5H3;/q2*-1;. The van der Waals surface area contributed by atoms with Gasteiger partial charge in [-0.2, -0.15) is 0 Å². The molecule has 217 valence electrons. The Kier molecular flexibility index (Phi) is 9.93. The SMILES string of the molecule is CC(C)Cc1cc(-c2[c-]cccc2)ncc1[Si](C)(C)C.Cc1ccnc(-c2[c-]ccc3c2oc2c(C)nccc23)c1.[Ir]. The Balaban J connectivity index is 0.000000189. The van der Waals surface area contributed by atoms with Crippen molar-refractivity contribution in [1.29, 1.82) is 0 Å². The van der Waals surface area contributed by atoms with E-state index in [1.807, 2.05) is 67.8 Å². The summed E-state index contributed by atoms with van der Waals surface area (Å²) in [4.78, 5) is 13.4. The zero-order chi connectivity index (χ0) is 29.1. The number of nitrogens with zero attached hydrogens (tertiary/aromatic N) is 3. The third kappa shape index (κ3) is 6.95. The van der Waals surface area contributed by atoms with Crippen molar-refractivity contribution in [1.82, 2.24) is 15.0 Å². The van der Waals surface area contributed by atoms with E-state index in [1.165, 1.54) is 16.3 Å². The zero-order valence-corrected chi connectivity index (χ0v) is 28.8. The van der Waals surface area contributed by atoms with E-state index in [0.717, 1.165) is 56.6 Å². The molecular weight excluding hydrogens is 711 g/mol. The van der Waals surface area contributed by atoms with Crippen LogP contribution in [0.2, 0.25) is 19.6 Å². The fourth-order valence-electron chi connectivity index (χ4n) is 5.14. The minimum Gasteiger partial charge on any atom is -0.499 e. The summed E-state index contributed by atoms with van der Waals surface area (Å²) in [7, 11) is -1.34. The van der Waals surface area contributed by atoms with E-state index in [2.05, 4.69) is 85.8 Å². The summed E-state index contributed by atoms with van der Waals surface area (Å²) in [6.45, 7) is 15.7. The van der Waals surface area contributed by atoms with Gasteiger partial charge in [0.25, 0.3) is 0 Å². The van der Waals surface area contributed by atoms with E-state index in [1.54, 1.807) is 0 Å². The summed E-state index contributed by atoms with van der Waals surface area (Å²) < 4.78 is 6.07. The maximum atomic E-state index is 6.07. The summed E-state index contributed by atoms with van der Waals surface area (Å²) in [6.07, 6.45) is 6.86. The normalized spacial score (nSPS) is 11.3. The Hall–Kier alpha value is -3.44. The van der Waals surface area contributed by atoms with Crippen LogP contribution in [-0.4, -0.2) is 23.0 Å². The molecule has 0 amide bonds. The number of fused-ring (bicyclic) bond motifs is 3. The number of benzene rings is 2. The second-order valence-corrected chi connectivity index (χ2v) is 17.1. The molecule has 6 aromatic rings. The van der Waals surface area contributed by atoms with Crippen molar-refractivity contribution in [3.63, 3.8) is 0 Å². The van der Waals surface area contributed by atoms with Gasteiger partial charge in [-0.15, -0.1) is 54.1 Å². The van der Waals surface area contributed by atoms with Crippen LogP contribution in [0.1, 0.15) is 30.7 Å². The largest absolute Gasteiger partial charge is 0.499 e. The predicted molar refractivity (Wildman–Crippen MR) is 173 cm³/mol. The van der Waals surface area contributed by atoms with Gasteiger partial charge in [-0.05, 0) is 54.9 Å². The number of furan rings is 1. The van der Waals surface area contributed by atoms with Crippen molar-refractivity contribution in [3.05, 3.63) is 108 Å². The van der Waals surface area contributed by atoms with Crippen LogP contribution in [0, 0.1) is 31.9 Å². The van der Waals surface area contributed by atoms with Gasteiger partial charge < -0.3 is 14.4 Å². The minimum atomic E-state index is -1.34. The topological polar surface area (TPSA) is 51.8 Å². The molecule has 0 aliphatic heterocycles. The summed E-state index contributed by atoms with van der Waals surface area (Å²) in [5.74, 6) is 0.667. The van der Waals surface area contributed by atoms with Gasteiger partial charge in [0, 0.05) is 44.1 Å². The van der Waals surface area contributed by atoms with Crippen molar-refractivity contribution in [3.8, 4) is 22.5 Å². The molecule has 0 aliphatic carbocycles. The van der Waals surface area contributed by atoms with Crippen LogP contribution < -0.4 is 5.19 Å². The van der Waals surface area contributed by atoms with Gasteiger partial charge in [0.15, 0.2) is 0 Å². The second kappa shape index (κ2) is 13.2. The molecule has 6 rings (SSSR count). The van der Waals surface area contributed by atoms with Crippen molar-refractivity contribution in [2.45, 2.75) is 53.8 Å². The van der Waals surface area contributed by atoms with Crippen molar-refractivity contribution in [2.24, 2.45) is 5.92 Å². The molecule has 0 fully saturated rings. The van der Waals surface area contributed by atoms with Gasteiger partial charge in [0.1, 0.15) is 5.58 Å². The number of hydrogen-bond donors (Lipinski definition) is 0. The minimum absolute atomic E-state index is 0. The quantitative estimate of drug-likeness (QED) is 0.131. The first-order valence-corrected chi connectivity index (χ1v) is 17.7. The molecule has 0 saturated carbocycles. The average Bonchev–Trinajstić information content (AvgIpc) is 3.33. The van der Waals surface area contributed by atoms with Crippen LogP contribution in [0.5, 0.6) is 0 Å². The van der Waals surface area contributed by atoms with E-state index in [4.69, 9.17) is 4.42 Å². The molecule has 0 atom stereocenters. The van der Waals surface area contributed by atoms with Crippen LogP contribution >= 0.6 is 0 Å². The third-order valence-electron chi connectivity index (χ3n) is 7.11. The molecule has 6 heteroatoms. The van der Waals surface area contributed by atoms with Gasteiger partial charge in [-0.1, -0.05) is 67.7 Å². The van der Waals surface area contributed by atoms with Gasteiger partial charge in [-0.3, -0.25) is 4.98 Å². The fourth-order valence-corrected chi connectivity index (χ4v) is 6.73. The third-order valence-corrected chi connectivity index (χ3v) is 9.17. The van der Waals surface area contributed by atoms with Gasteiger partial charge in [-0.25, -0.2) is 0 Å². The summed E-state index contributed by atoms with van der Waals surface area (Å²) in [5.41, 5.74) is 9.09.